The first-order valence-corrected chi connectivity index (χ1v) is 13.0. The molecule has 0 aromatic heterocycles. The second-order valence-electron chi connectivity index (χ2n) is 9.87. The van der Waals surface area contributed by atoms with Gasteiger partial charge < -0.3 is 19.1 Å². The highest BCUT2D eigenvalue weighted by molar-refractivity contribution is 5.70. The fraction of sp³-hybridized carbons (Fsp3) is 0.923. The van der Waals surface area contributed by atoms with Gasteiger partial charge in [-0.1, -0.05) is 84.5 Å². The van der Waals surface area contributed by atoms with E-state index in [1.54, 1.807) is 0 Å². The fourth-order valence-electron chi connectivity index (χ4n) is 3.85. The number of quaternary nitrogens is 1. The maximum absolute atomic E-state index is 12.6. The van der Waals surface area contributed by atoms with Crippen LogP contribution in [0.25, 0.3) is 0 Å². The normalized spacial score (nSPS) is 13.6. The monoisotopic (exact) mass is 458 g/mol. The van der Waals surface area contributed by atoms with Gasteiger partial charge in [0.2, 0.25) is 0 Å². The van der Waals surface area contributed by atoms with Crippen LogP contribution >= 0.6 is 0 Å². The van der Waals surface area contributed by atoms with E-state index >= 15 is 0 Å². The summed E-state index contributed by atoms with van der Waals surface area (Å²) < 4.78 is 11.1. The number of unbranched alkanes of at least 4 members (excludes halogenated alkanes) is 10. The van der Waals surface area contributed by atoms with Crippen molar-refractivity contribution in [3.63, 3.8) is 0 Å². The topological polar surface area (TPSA) is 72.8 Å². The van der Waals surface area contributed by atoms with Crippen molar-refractivity contribution in [2.24, 2.45) is 0 Å². The van der Waals surface area contributed by atoms with Crippen molar-refractivity contribution in [1.82, 2.24) is 0 Å². The summed E-state index contributed by atoms with van der Waals surface area (Å²) >= 11 is 0. The van der Waals surface area contributed by atoms with Crippen LogP contribution in [0, 0.1) is 0 Å². The smallest absolute Gasteiger partial charge is 0.362 e. The van der Waals surface area contributed by atoms with Gasteiger partial charge in [-0.05, 0) is 19.3 Å². The van der Waals surface area contributed by atoms with Gasteiger partial charge in [-0.3, -0.25) is 4.79 Å². The van der Waals surface area contributed by atoms with Crippen molar-refractivity contribution in [3.05, 3.63) is 0 Å². The molecule has 6 heteroatoms. The molecule has 0 spiro atoms. The zero-order chi connectivity index (χ0) is 24.2. The minimum atomic E-state index is -0.600. The molecule has 0 aliphatic rings. The highest BCUT2D eigenvalue weighted by Crippen LogP contribution is 2.18. The number of hydrogen-bond acceptors (Lipinski definition) is 5. The van der Waals surface area contributed by atoms with Crippen LogP contribution in [0.4, 0.5) is 0 Å². The molecule has 0 amide bonds. The van der Waals surface area contributed by atoms with Crippen molar-refractivity contribution in [2.45, 2.75) is 123 Å². The Morgan fingerprint density at radius 3 is 1.88 bits per heavy atom. The number of aliphatic hydroxyl groups excluding tert-OH is 1. The molecule has 0 saturated carbocycles. The number of carbonyl (C=O) groups is 2. The lowest BCUT2D eigenvalue weighted by molar-refractivity contribution is -0.883. The molecule has 32 heavy (non-hydrogen) atoms. The SMILES string of the molecule is CCCCCCCCCCCC(O)C(CCCCC)OC(=O)C[N+](C)(C)CCOC(C)=O. The number of likely N-dealkylation sites (N-methyl/N-ethyl adjacent to an activating group) is 1. The Labute approximate surface area is 197 Å². The number of carbonyl (C=O) groups excluding carboxylic acids is 2. The van der Waals surface area contributed by atoms with E-state index < -0.39 is 12.2 Å². The minimum Gasteiger partial charge on any atom is -0.460 e. The van der Waals surface area contributed by atoms with E-state index in [0.717, 1.165) is 32.1 Å². The van der Waals surface area contributed by atoms with Crippen LogP contribution < -0.4 is 0 Å². The van der Waals surface area contributed by atoms with Gasteiger partial charge in [0.15, 0.2) is 6.54 Å². The van der Waals surface area contributed by atoms with Gasteiger partial charge in [-0.15, -0.1) is 0 Å². The number of esters is 2. The van der Waals surface area contributed by atoms with E-state index in [1.165, 1.54) is 51.9 Å². The third kappa shape index (κ3) is 18.4. The third-order valence-electron chi connectivity index (χ3n) is 5.97. The molecule has 2 unspecified atom stereocenters. The molecule has 0 heterocycles. The Morgan fingerprint density at radius 1 is 0.812 bits per heavy atom. The molecule has 1 N–H and O–H groups in total. The lowest BCUT2D eigenvalue weighted by Gasteiger charge is -2.30. The van der Waals surface area contributed by atoms with Gasteiger partial charge in [0.1, 0.15) is 19.3 Å². The maximum atomic E-state index is 12.6. The first-order chi connectivity index (χ1) is 15.2. The maximum Gasteiger partial charge on any atom is 0.362 e. The largest absolute Gasteiger partial charge is 0.460 e. The summed E-state index contributed by atoms with van der Waals surface area (Å²) in [5.41, 5.74) is 0. The standard InChI is InChI=1S/C26H52NO5/c1-6-8-10-11-12-13-14-15-17-18-24(29)25(19-16-9-7-2)32-26(30)22-27(4,5)20-21-31-23(3)28/h24-25,29H,6-22H2,1-5H3/q+1. The summed E-state index contributed by atoms with van der Waals surface area (Å²) in [6.07, 6.45) is 14.7. The predicted molar refractivity (Wildman–Crippen MR) is 130 cm³/mol. The quantitative estimate of drug-likeness (QED) is 0.142. The summed E-state index contributed by atoms with van der Waals surface area (Å²) in [5, 5.41) is 10.7. The van der Waals surface area contributed by atoms with Crippen molar-refractivity contribution in [2.75, 3.05) is 33.8 Å². The molecular weight excluding hydrogens is 406 g/mol. The second-order valence-corrected chi connectivity index (χ2v) is 9.87. The van der Waals surface area contributed by atoms with Crippen LogP contribution in [-0.2, 0) is 19.1 Å². The zero-order valence-corrected chi connectivity index (χ0v) is 21.7. The van der Waals surface area contributed by atoms with Crippen LogP contribution in [0.15, 0.2) is 0 Å². The van der Waals surface area contributed by atoms with Crippen LogP contribution in [0.3, 0.4) is 0 Å². The molecule has 0 aliphatic heterocycles. The van der Waals surface area contributed by atoms with Gasteiger partial charge in [0.05, 0.1) is 20.2 Å². The number of aliphatic hydroxyl groups is 1. The van der Waals surface area contributed by atoms with Crippen molar-refractivity contribution >= 4 is 11.9 Å². The third-order valence-corrected chi connectivity index (χ3v) is 5.97. The van der Waals surface area contributed by atoms with Gasteiger partial charge in [0, 0.05) is 6.92 Å². The lowest BCUT2D eigenvalue weighted by atomic mass is 10.00. The molecule has 2 atom stereocenters. The highest BCUT2D eigenvalue weighted by Gasteiger charge is 2.27. The highest BCUT2D eigenvalue weighted by atomic mass is 16.6. The number of ether oxygens (including phenoxy) is 2. The minimum absolute atomic E-state index is 0.191. The van der Waals surface area contributed by atoms with E-state index in [2.05, 4.69) is 13.8 Å². The van der Waals surface area contributed by atoms with E-state index in [9.17, 15) is 14.7 Å². The number of rotatable bonds is 21. The van der Waals surface area contributed by atoms with E-state index in [1.807, 2.05) is 14.1 Å². The molecule has 6 nitrogen and oxygen atoms in total. The Hall–Kier alpha value is -1.14. The summed E-state index contributed by atoms with van der Waals surface area (Å²) in [6, 6.07) is 0. The summed E-state index contributed by atoms with van der Waals surface area (Å²) in [7, 11) is 3.82. The van der Waals surface area contributed by atoms with E-state index in [4.69, 9.17) is 9.47 Å². The fourth-order valence-corrected chi connectivity index (χ4v) is 3.85. The number of nitrogens with zero attached hydrogens (tertiary/aromatic N) is 1. The predicted octanol–water partition coefficient (Wildman–Crippen LogP) is 5.40. The molecule has 0 bridgehead atoms. The zero-order valence-electron chi connectivity index (χ0n) is 21.7. The van der Waals surface area contributed by atoms with Crippen LogP contribution in [0.1, 0.15) is 111 Å². The molecule has 0 radical (unpaired) electrons. The first-order valence-electron chi connectivity index (χ1n) is 13.0. The number of hydrogen-bond donors (Lipinski definition) is 1. The molecule has 0 aromatic rings. The summed E-state index contributed by atoms with van der Waals surface area (Å²) in [4.78, 5) is 23.5. The van der Waals surface area contributed by atoms with Gasteiger partial charge in [0.25, 0.3) is 0 Å². The van der Waals surface area contributed by atoms with E-state index in [0.29, 0.717) is 23.9 Å². The molecule has 0 saturated heterocycles. The molecule has 190 valence electrons. The van der Waals surface area contributed by atoms with Gasteiger partial charge >= 0.3 is 11.9 Å². The Balaban J connectivity index is 4.37. The summed E-state index contributed by atoms with van der Waals surface area (Å²) in [5.74, 6) is -0.617. The molecular formula is C26H52NO5+. The second kappa shape index (κ2) is 19.3. The first kappa shape index (κ1) is 30.9. The average Bonchev–Trinajstić information content (AvgIpc) is 2.70. The summed E-state index contributed by atoms with van der Waals surface area (Å²) in [6.45, 7) is 6.76. The van der Waals surface area contributed by atoms with Gasteiger partial charge in [-0.2, -0.15) is 0 Å². The van der Waals surface area contributed by atoms with Crippen LogP contribution in [0.2, 0.25) is 0 Å². The Morgan fingerprint density at radius 2 is 1.31 bits per heavy atom. The molecule has 0 aromatic carbocycles. The van der Waals surface area contributed by atoms with Crippen molar-refractivity contribution in [1.29, 1.82) is 0 Å². The lowest BCUT2D eigenvalue weighted by Crippen LogP contribution is -2.47. The van der Waals surface area contributed by atoms with Crippen LogP contribution in [0.5, 0.6) is 0 Å². The molecule has 0 fully saturated rings. The Bertz CT molecular complexity index is 481. The van der Waals surface area contributed by atoms with E-state index in [-0.39, 0.29) is 25.1 Å². The molecule has 0 rings (SSSR count). The van der Waals surface area contributed by atoms with Crippen molar-refractivity contribution in [3.8, 4) is 0 Å². The average molecular weight is 459 g/mol. The Kier molecular flexibility index (Phi) is 18.7. The van der Waals surface area contributed by atoms with Crippen molar-refractivity contribution < 1.29 is 28.7 Å². The van der Waals surface area contributed by atoms with Gasteiger partial charge in [-0.25, -0.2) is 4.79 Å². The molecule has 0 aliphatic carbocycles. The van der Waals surface area contributed by atoms with Crippen LogP contribution in [-0.4, -0.2) is 67.5 Å².